The second-order valence-corrected chi connectivity index (χ2v) is 5.42. The monoisotopic (exact) mass is 250 g/mol. The topological polar surface area (TPSA) is 27.0 Å². The Kier molecular flexibility index (Phi) is 5.30. The largest absolute Gasteiger partial charge is 0.364 e. The number of benzene rings is 1. The molecule has 16 heavy (non-hydrogen) atoms. The highest BCUT2D eigenvalue weighted by atomic mass is 32.2. The Balaban J connectivity index is 2.57. The van der Waals surface area contributed by atoms with Crippen LogP contribution in [0.1, 0.15) is 5.56 Å². The highest BCUT2D eigenvalue weighted by Gasteiger charge is 2.13. The smallest absolute Gasteiger partial charge is 0.137 e. The van der Waals surface area contributed by atoms with Gasteiger partial charge in [-0.1, -0.05) is 54.3 Å². The van der Waals surface area contributed by atoms with Crippen LogP contribution in [0.3, 0.4) is 0 Å². The van der Waals surface area contributed by atoms with Gasteiger partial charge in [-0.25, -0.2) is 0 Å². The number of nitrogens with zero attached hydrogens (tertiary/aromatic N) is 2. The van der Waals surface area contributed by atoms with Crippen molar-refractivity contribution >= 4 is 28.3 Å². The Labute approximate surface area is 106 Å². The van der Waals surface area contributed by atoms with Crippen molar-refractivity contribution in [3.05, 3.63) is 35.9 Å². The minimum Gasteiger partial charge on any atom is -0.364 e. The van der Waals surface area contributed by atoms with E-state index in [-0.39, 0.29) is 5.25 Å². The number of thioether (sulfide) groups is 1. The molecule has 0 fully saturated rings. The van der Waals surface area contributed by atoms with Crippen LogP contribution in [0.15, 0.2) is 30.3 Å². The van der Waals surface area contributed by atoms with Crippen molar-refractivity contribution in [2.75, 3.05) is 14.1 Å². The number of rotatable bonds is 3. The van der Waals surface area contributed by atoms with E-state index in [1.165, 1.54) is 17.3 Å². The third kappa shape index (κ3) is 4.21. The average molecular weight is 250 g/mol. The normalized spacial score (nSPS) is 11.6. The van der Waals surface area contributed by atoms with Crippen LogP contribution >= 0.6 is 24.0 Å². The third-order valence-electron chi connectivity index (χ3n) is 2.02. The molecule has 0 spiro atoms. The van der Waals surface area contributed by atoms with Crippen molar-refractivity contribution in [2.45, 2.75) is 11.7 Å². The van der Waals surface area contributed by atoms with E-state index in [0.717, 1.165) is 10.7 Å². The Bertz CT molecular complexity index is 382. The fourth-order valence-electron chi connectivity index (χ4n) is 1.17. The van der Waals surface area contributed by atoms with Crippen LogP contribution in [-0.4, -0.2) is 28.6 Å². The maximum Gasteiger partial charge on any atom is 0.137 e. The fraction of sp³-hybridized carbons (Fsp3) is 0.333. The lowest BCUT2D eigenvalue weighted by molar-refractivity contribution is 0.647. The zero-order valence-electron chi connectivity index (χ0n) is 9.38. The van der Waals surface area contributed by atoms with Gasteiger partial charge in [0.15, 0.2) is 0 Å². The van der Waals surface area contributed by atoms with Gasteiger partial charge in [0, 0.05) is 14.1 Å². The van der Waals surface area contributed by atoms with Crippen molar-refractivity contribution < 1.29 is 0 Å². The van der Waals surface area contributed by atoms with Crippen LogP contribution in [0, 0.1) is 11.3 Å². The second kappa shape index (κ2) is 6.51. The highest BCUT2D eigenvalue weighted by molar-refractivity contribution is 8.23. The maximum absolute atomic E-state index is 9.07. The van der Waals surface area contributed by atoms with Crippen molar-refractivity contribution in [2.24, 2.45) is 0 Å². The summed E-state index contributed by atoms with van der Waals surface area (Å²) >= 11 is 6.62. The first-order valence-electron chi connectivity index (χ1n) is 4.95. The fourth-order valence-corrected chi connectivity index (χ4v) is 2.30. The lowest BCUT2D eigenvalue weighted by atomic mass is 10.1. The molecule has 0 saturated carbocycles. The van der Waals surface area contributed by atoms with E-state index in [2.05, 4.69) is 6.07 Å². The molecule has 0 saturated heterocycles. The Morgan fingerprint density at radius 3 is 2.56 bits per heavy atom. The summed E-state index contributed by atoms with van der Waals surface area (Å²) in [6.45, 7) is 0. The van der Waals surface area contributed by atoms with E-state index in [1.807, 2.05) is 49.3 Å². The summed E-state index contributed by atoms with van der Waals surface area (Å²) in [5, 5.41) is 8.96. The van der Waals surface area contributed by atoms with Crippen LogP contribution in [0.5, 0.6) is 0 Å². The summed E-state index contributed by atoms with van der Waals surface area (Å²) in [7, 11) is 3.79. The Morgan fingerprint density at radius 1 is 1.44 bits per heavy atom. The van der Waals surface area contributed by atoms with E-state index in [1.54, 1.807) is 0 Å². The quantitative estimate of drug-likeness (QED) is 0.771. The molecule has 1 aromatic carbocycles. The number of hydrogen-bond acceptors (Lipinski definition) is 3. The first kappa shape index (κ1) is 13.0. The molecule has 1 unspecified atom stereocenters. The molecule has 4 heteroatoms. The van der Waals surface area contributed by atoms with E-state index in [9.17, 15) is 0 Å². The van der Waals surface area contributed by atoms with Crippen LogP contribution in [0.2, 0.25) is 0 Å². The Morgan fingerprint density at radius 2 is 2.06 bits per heavy atom. The molecule has 0 bridgehead atoms. The van der Waals surface area contributed by atoms with E-state index in [0.29, 0.717) is 0 Å². The zero-order chi connectivity index (χ0) is 12.0. The van der Waals surface area contributed by atoms with E-state index in [4.69, 9.17) is 17.5 Å². The van der Waals surface area contributed by atoms with Crippen LogP contribution < -0.4 is 0 Å². The summed E-state index contributed by atoms with van der Waals surface area (Å²) in [5.41, 5.74) is 1.17. The number of hydrogen-bond donors (Lipinski definition) is 0. The van der Waals surface area contributed by atoms with Crippen molar-refractivity contribution in [1.29, 1.82) is 5.26 Å². The van der Waals surface area contributed by atoms with Gasteiger partial charge in [0.05, 0.1) is 6.07 Å². The van der Waals surface area contributed by atoms with Gasteiger partial charge in [-0.2, -0.15) is 5.26 Å². The molecule has 0 radical (unpaired) electrons. The average Bonchev–Trinajstić information content (AvgIpc) is 2.29. The van der Waals surface area contributed by atoms with Crippen LogP contribution in [0.25, 0.3) is 0 Å². The van der Waals surface area contributed by atoms with Gasteiger partial charge in [0.25, 0.3) is 0 Å². The lowest BCUT2D eigenvalue weighted by Crippen LogP contribution is -2.20. The summed E-state index contributed by atoms with van der Waals surface area (Å²) in [6.07, 6.45) is 0.732. The van der Waals surface area contributed by atoms with E-state index < -0.39 is 0 Å². The Hall–Kier alpha value is -1.05. The summed E-state index contributed by atoms with van der Waals surface area (Å²) in [5.74, 6) is 0. The molecule has 0 aliphatic rings. The first-order valence-corrected chi connectivity index (χ1v) is 6.23. The summed E-state index contributed by atoms with van der Waals surface area (Å²) in [6, 6.07) is 12.3. The summed E-state index contributed by atoms with van der Waals surface area (Å²) < 4.78 is 0.752. The van der Waals surface area contributed by atoms with Gasteiger partial charge < -0.3 is 4.90 Å². The molecule has 1 aromatic rings. The van der Waals surface area contributed by atoms with Gasteiger partial charge in [0.2, 0.25) is 0 Å². The lowest BCUT2D eigenvalue weighted by Gasteiger charge is -2.15. The SMILES string of the molecule is CN(C)C(=S)SC(C#N)Cc1ccccc1. The van der Waals surface area contributed by atoms with Crippen LogP contribution in [0.4, 0.5) is 0 Å². The predicted molar refractivity (Wildman–Crippen MR) is 73.4 cm³/mol. The maximum atomic E-state index is 9.07. The first-order chi connectivity index (χ1) is 7.63. The molecule has 0 aliphatic heterocycles. The minimum atomic E-state index is -0.114. The summed E-state index contributed by atoms with van der Waals surface area (Å²) in [4.78, 5) is 1.86. The highest BCUT2D eigenvalue weighted by Crippen LogP contribution is 2.18. The van der Waals surface area contributed by atoms with Gasteiger partial charge in [-0.3, -0.25) is 0 Å². The molecule has 0 aliphatic carbocycles. The van der Waals surface area contributed by atoms with Crippen molar-refractivity contribution in [3.8, 4) is 6.07 Å². The zero-order valence-corrected chi connectivity index (χ0v) is 11.0. The molecule has 1 atom stereocenters. The molecule has 0 heterocycles. The molecular weight excluding hydrogens is 236 g/mol. The minimum absolute atomic E-state index is 0.114. The van der Waals surface area contributed by atoms with E-state index >= 15 is 0 Å². The standard InChI is InChI=1S/C12H14N2S2/c1-14(2)12(15)16-11(9-13)8-10-6-4-3-5-7-10/h3-7,11H,8H2,1-2H3. The molecule has 1 rings (SSSR count). The second-order valence-electron chi connectivity index (χ2n) is 3.59. The van der Waals surface area contributed by atoms with Crippen LogP contribution in [-0.2, 0) is 6.42 Å². The molecule has 2 nitrogen and oxygen atoms in total. The molecule has 0 aromatic heterocycles. The molecule has 84 valence electrons. The van der Waals surface area contributed by atoms with Gasteiger partial charge in [-0.15, -0.1) is 0 Å². The molecule has 0 amide bonds. The predicted octanol–water partition coefficient (Wildman–Crippen LogP) is 2.70. The van der Waals surface area contributed by atoms with Crippen molar-refractivity contribution in [3.63, 3.8) is 0 Å². The third-order valence-corrected chi connectivity index (χ3v) is 3.79. The van der Waals surface area contributed by atoms with Gasteiger partial charge >= 0.3 is 0 Å². The number of nitriles is 1. The van der Waals surface area contributed by atoms with Gasteiger partial charge in [-0.05, 0) is 12.0 Å². The van der Waals surface area contributed by atoms with Gasteiger partial charge in [0.1, 0.15) is 9.57 Å². The van der Waals surface area contributed by atoms with Crippen molar-refractivity contribution in [1.82, 2.24) is 4.90 Å². The molecule has 0 N–H and O–H groups in total. The molecular formula is C12H14N2S2. The number of thiocarbonyl (C=S) groups is 1.